The molecule has 0 aliphatic heterocycles. The number of ether oxygens (including phenoxy) is 1. The van der Waals surface area contributed by atoms with Crippen LogP contribution < -0.4 is 0 Å². The molecule has 0 radical (unpaired) electrons. The van der Waals surface area contributed by atoms with E-state index in [1.165, 1.54) is 20.0 Å². The summed E-state index contributed by atoms with van der Waals surface area (Å²) < 4.78 is 4.72. The minimum Gasteiger partial charge on any atom is -0.469 e. The maximum Gasteiger partial charge on any atom is 0.311 e. The highest BCUT2D eigenvalue weighted by Crippen LogP contribution is 2.21. The highest BCUT2D eigenvalue weighted by molar-refractivity contribution is 5.73. The number of aliphatic hydroxyl groups is 1. The lowest BCUT2D eigenvalue weighted by Crippen LogP contribution is -2.33. The zero-order valence-corrected chi connectivity index (χ0v) is 11.0. The molecule has 1 N–H and O–H groups in total. The highest BCUT2D eigenvalue weighted by Gasteiger charge is 2.30. The lowest BCUT2D eigenvalue weighted by molar-refractivity contribution is -0.151. The van der Waals surface area contributed by atoms with Gasteiger partial charge >= 0.3 is 5.97 Å². The summed E-state index contributed by atoms with van der Waals surface area (Å²) in [5.41, 5.74) is 0. The summed E-state index contributed by atoms with van der Waals surface area (Å²) >= 11 is 0. The molecule has 0 aliphatic rings. The number of esters is 1. The van der Waals surface area contributed by atoms with Crippen molar-refractivity contribution in [2.75, 3.05) is 7.11 Å². The molecule has 0 spiro atoms. The first kappa shape index (κ1) is 15.4. The maximum atomic E-state index is 11.5. The van der Waals surface area contributed by atoms with Crippen LogP contribution in [0.4, 0.5) is 0 Å². The van der Waals surface area contributed by atoms with E-state index in [4.69, 9.17) is 4.74 Å². The summed E-state index contributed by atoms with van der Waals surface area (Å²) in [7, 11) is 1.38. The molecule has 0 bridgehead atoms. The summed E-state index contributed by atoms with van der Waals surface area (Å²) in [5.74, 6) is -0.557. The van der Waals surface area contributed by atoms with Gasteiger partial charge in [0.25, 0.3) is 0 Å². The van der Waals surface area contributed by atoms with E-state index in [0.29, 0.717) is 6.42 Å². The number of unbranched alkanes of at least 4 members (excludes halogenated alkanes) is 3. The minimum atomic E-state index is -0.565. The Bertz CT molecular complexity index is 190. The maximum absolute atomic E-state index is 11.5. The molecular weight excluding hydrogens is 204 g/mol. The Morgan fingerprint density at radius 3 is 2.31 bits per heavy atom. The van der Waals surface area contributed by atoms with E-state index in [1.54, 1.807) is 0 Å². The van der Waals surface area contributed by atoms with Crippen molar-refractivity contribution in [1.29, 1.82) is 0 Å². The van der Waals surface area contributed by atoms with Crippen LogP contribution in [0.5, 0.6) is 0 Å². The lowest BCUT2D eigenvalue weighted by atomic mass is 9.87. The third kappa shape index (κ3) is 5.50. The van der Waals surface area contributed by atoms with E-state index < -0.39 is 6.10 Å². The van der Waals surface area contributed by atoms with Crippen molar-refractivity contribution in [2.24, 2.45) is 11.8 Å². The van der Waals surface area contributed by atoms with Crippen molar-refractivity contribution in [1.82, 2.24) is 0 Å². The Kier molecular flexibility index (Phi) is 8.26. The Morgan fingerprint density at radius 2 is 1.88 bits per heavy atom. The molecule has 96 valence electrons. The quantitative estimate of drug-likeness (QED) is 0.515. The SMILES string of the molecule is CCCCCCC(O)C(C(=O)OC)C(C)C. The molecule has 0 fully saturated rings. The number of carbonyl (C=O) groups is 1. The summed E-state index contributed by atoms with van der Waals surface area (Å²) in [4.78, 5) is 11.5. The zero-order valence-electron chi connectivity index (χ0n) is 11.0. The highest BCUT2D eigenvalue weighted by atomic mass is 16.5. The second-order valence-corrected chi connectivity index (χ2v) is 4.71. The summed E-state index contributed by atoms with van der Waals surface area (Å²) in [5, 5.41) is 9.98. The molecule has 0 aromatic heterocycles. The Morgan fingerprint density at radius 1 is 1.25 bits per heavy atom. The largest absolute Gasteiger partial charge is 0.469 e. The second kappa shape index (κ2) is 8.57. The third-order valence-corrected chi connectivity index (χ3v) is 2.96. The molecule has 0 amide bonds. The fourth-order valence-corrected chi connectivity index (χ4v) is 1.97. The topological polar surface area (TPSA) is 46.5 Å². The Balaban J connectivity index is 4.07. The fourth-order valence-electron chi connectivity index (χ4n) is 1.97. The van der Waals surface area contributed by atoms with E-state index in [1.807, 2.05) is 13.8 Å². The van der Waals surface area contributed by atoms with Gasteiger partial charge in [0.15, 0.2) is 0 Å². The predicted octanol–water partition coefficient (Wildman–Crippen LogP) is 2.76. The molecule has 16 heavy (non-hydrogen) atoms. The van der Waals surface area contributed by atoms with Gasteiger partial charge < -0.3 is 9.84 Å². The van der Waals surface area contributed by atoms with E-state index >= 15 is 0 Å². The first-order chi connectivity index (χ1) is 7.54. The number of rotatable bonds is 8. The number of hydrogen-bond acceptors (Lipinski definition) is 3. The van der Waals surface area contributed by atoms with Crippen LogP contribution in [0.2, 0.25) is 0 Å². The minimum absolute atomic E-state index is 0.119. The van der Waals surface area contributed by atoms with Crippen molar-refractivity contribution in [3.8, 4) is 0 Å². The first-order valence-corrected chi connectivity index (χ1v) is 6.30. The monoisotopic (exact) mass is 230 g/mol. The van der Waals surface area contributed by atoms with Crippen LogP contribution in [-0.2, 0) is 9.53 Å². The third-order valence-electron chi connectivity index (χ3n) is 2.96. The van der Waals surface area contributed by atoms with E-state index in [-0.39, 0.29) is 17.8 Å². The van der Waals surface area contributed by atoms with Gasteiger partial charge in [0.2, 0.25) is 0 Å². The molecule has 3 nitrogen and oxygen atoms in total. The summed E-state index contributed by atoms with van der Waals surface area (Å²) in [6.07, 6.45) is 4.61. The lowest BCUT2D eigenvalue weighted by Gasteiger charge is -2.23. The molecule has 2 atom stereocenters. The molecular formula is C13H26O3. The summed E-state index contributed by atoms with van der Waals surface area (Å²) in [6, 6.07) is 0. The van der Waals surface area contributed by atoms with Gasteiger partial charge in [0, 0.05) is 0 Å². The Hall–Kier alpha value is -0.570. The number of carbonyl (C=O) groups excluding carboxylic acids is 1. The van der Waals surface area contributed by atoms with Crippen LogP contribution in [0.1, 0.15) is 52.9 Å². The van der Waals surface area contributed by atoms with Crippen molar-refractivity contribution in [3.05, 3.63) is 0 Å². The van der Waals surface area contributed by atoms with Gasteiger partial charge in [0.1, 0.15) is 0 Å². The zero-order chi connectivity index (χ0) is 12.6. The smallest absolute Gasteiger partial charge is 0.311 e. The van der Waals surface area contributed by atoms with Crippen molar-refractivity contribution < 1.29 is 14.6 Å². The van der Waals surface area contributed by atoms with Crippen LogP contribution in [0.25, 0.3) is 0 Å². The van der Waals surface area contributed by atoms with Crippen LogP contribution in [0, 0.1) is 11.8 Å². The molecule has 0 saturated heterocycles. The molecule has 0 aromatic carbocycles. The number of methoxy groups -OCH3 is 1. The molecule has 0 rings (SSSR count). The van der Waals surface area contributed by atoms with Crippen LogP contribution >= 0.6 is 0 Å². The number of aliphatic hydroxyl groups excluding tert-OH is 1. The van der Waals surface area contributed by atoms with Gasteiger partial charge in [-0.15, -0.1) is 0 Å². The van der Waals surface area contributed by atoms with Gasteiger partial charge in [-0.2, -0.15) is 0 Å². The van der Waals surface area contributed by atoms with E-state index in [2.05, 4.69) is 6.92 Å². The molecule has 0 aromatic rings. The van der Waals surface area contributed by atoms with Gasteiger partial charge in [-0.05, 0) is 12.3 Å². The molecule has 3 heteroatoms. The van der Waals surface area contributed by atoms with Crippen LogP contribution in [0.15, 0.2) is 0 Å². The van der Waals surface area contributed by atoms with Gasteiger partial charge in [-0.25, -0.2) is 0 Å². The standard InChI is InChI=1S/C13H26O3/c1-5-6-7-8-9-11(14)12(10(2)3)13(15)16-4/h10-12,14H,5-9H2,1-4H3. The molecule has 2 unspecified atom stereocenters. The molecule has 0 saturated carbocycles. The predicted molar refractivity (Wildman–Crippen MR) is 65.1 cm³/mol. The van der Waals surface area contributed by atoms with Crippen molar-refractivity contribution in [2.45, 2.75) is 59.0 Å². The molecule has 0 aliphatic carbocycles. The van der Waals surface area contributed by atoms with Gasteiger partial charge in [-0.3, -0.25) is 4.79 Å². The van der Waals surface area contributed by atoms with Crippen molar-refractivity contribution in [3.63, 3.8) is 0 Å². The fraction of sp³-hybridized carbons (Fsp3) is 0.923. The van der Waals surface area contributed by atoms with Crippen molar-refractivity contribution >= 4 is 5.97 Å². The Labute approximate surface area is 99.2 Å². The average Bonchev–Trinajstić information content (AvgIpc) is 2.23. The average molecular weight is 230 g/mol. The van der Waals surface area contributed by atoms with Crippen LogP contribution in [-0.4, -0.2) is 24.3 Å². The van der Waals surface area contributed by atoms with Gasteiger partial charge in [0.05, 0.1) is 19.1 Å². The van der Waals surface area contributed by atoms with Crippen LogP contribution in [0.3, 0.4) is 0 Å². The molecule has 0 heterocycles. The summed E-state index contributed by atoms with van der Waals surface area (Å²) in [6.45, 7) is 6.04. The number of hydrogen-bond donors (Lipinski definition) is 1. The van der Waals surface area contributed by atoms with Gasteiger partial charge in [-0.1, -0.05) is 46.5 Å². The van der Waals surface area contributed by atoms with E-state index in [0.717, 1.165) is 12.8 Å². The van der Waals surface area contributed by atoms with E-state index in [9.17, 15) is 9.90 Å². The second-order valence-electron chi connectivity index (χ2n) is 4.71. The normalized spacial score (nSPS) is 14.9. The first-order valence-electron chi connectivity index (χ1n) is 6.30.